The first-order valence-corrected chi connectivity index (χ1v) is 10.5. The van der Waals surface area contributed by atoms with Crippen LogP contribution in [-0.4, -0.2) is 47.5 Å². The number of hydrogen-bond donors (Lipinski definition) is 2. The van der Waals surface area contributed by atoms with Gasteiger partial charge >= 0.3 is 0 Å². The van der Waals surface area contributed by atoms with Crippen LogP contribution in [0.1, 0.15) is 44.6 Å². The number of nitrogens with one attached hydrogen (secondary N) is 1. The quantitative estimate of drug-likeness (QED) is 0.735. The van der Waals surface area contributed by atoms with Crippen molar-refractivity contribution in [2.24, 2.45) is 0 Å². The van der Waals surface area contributed by atoms with Gasteiger partial charge in [0.1, 0.15) is 17.7 Å². The summed E-state index contributed by atoms with van der Waals surface area (Å²) in [7, 11) is 3.51. The zero-order chi connectivity index (χ0) is 21.3. The number of aliphatic hydroxyl groups excluding tert-OH is 1. The second kappa shape index (κ2) is 8.41. The van der Waals surface area contributed by atoms with Gasteiger partial charge in [-0.2, -0.15) is 4.98 Å². The second-order valence-electron chi connectivity index (χ2n) is 7.93. The Hall–Kier alpha value is -2.98. The van der Waals surface area contributed by atoms with E-state index in [4.69, 9.17) is 16.1 Å². The van der Waals surface area contributed by atoms with Crippen LogP contribution in [0.5, 0.6) is 5.75 Å². The molecule has 2 heterocycles. The van der Waals surface area contributed by atoms with Crippen LogP contribution in [0.15, 0.2) is 24.4 Å². The summed E-state index contributed by atoms with van der Waals surface area (Å²) in [4.78, 5) is 13.6. The van der Waals surface area contributed by atoms with Gasteiger partial charge in [0, 0.05) is 18.7 Å². The van der Waals surface area contributed by atoms with E-state index in [2.05, 4.69) is 28.0 Å². The third-order valence-corrected chi connectivity index (χ3v) is 6.22. The molecule has 0 radical (unpaired) electrons. The number of fused-ring (bicyclic) bond motifs is 1. The minimum atomic E-state index is -0.582. The van der Waals surface area contributed by atoms with Crippen molar-refractivity contribution in [3.63, 3.8) is 0 Å². The van der Waals surface area contributed by atoms with Gasteiger partial charge in [0.05, 0.1) is 25.0 Å². The predicted molar refractivity (Wildman–Crippen MR) is 119 cm³/mol. The Kier molecular flexibility index (Phi) is 5.69. The van der Waals surface area contributed by atoms with Gasteiger partial charge in [0.2, 0.25) is 5.95 Å². The van der Waals surface area contributed by atoms with Crippen LogP contribution in [0.3, 0.4) is 0 Å². The SMILES string of the molecule is C#Cc1ccc(Nc2ncc3c(n2)N(C2CCCC2)[C@H](CC)C(O)N3C)c(OC)c1. The zero-order valence-corrected chi connectivity index (χ0v) is 17.8. The molecule has 1 aliphatic heterocycles. The van der Waals surface area contributed by atoms with E-state index >= 15 is 0 Å². The third-order valence-electron chi connectivity index (χ3n) is 6.22. The summed E-state index contributed by atoms with van der Waals surface area (Å²) < 4.78 is 5.48. The van der Waals surface area contributed by atoms with Gasteiger partial charge in [-0.3, -0.25) is 0 Å². The maximum atomic E-state index is 10.9. The van der Waals surface area contributed by atoms with Crippen LogP contribution in [0.25, 0.3) is 0 Å². The van der Waals surface area contributed by atoms with E-state index in [9.17, 15) is 5.11 Å². The molecule has 1 fully saturated rings. The van der Waals surface area contributed by atoms with Gasteiger partial charge in [-0.05, 0) is 37.5 Å². The number of methoxy groups -OCH3 is 1. The summed E-state index contributed by atoms with van der Waals surface area (Å²) in [5.74, 6) is 4.62. The third kappa shape index (κ3) is 3.52. The molecular weight excluding hydrogens is 378 g/mol. The van der Waals surface area contributed by atoms with Crippen LogP contribution in [0.2, 0.25) is 0 Å². The Bertz CT molecular complexity index is 951. The molecular formula is C23H29N5O2. The summed E-state index contributed by atoms with van der Waals surface area (Å²) in [5.41, 5.74) is 2.34. The monoisotopic (exact) mass is 407 g/mol. The normalized spacial score (nSPS) is 21.3. The van der Waals surface area contributed by atoms with Gasteiger partial charge < -0.3 is 25.0 Å². The Morgan fingerprint density at radius 3 is 2.77 bits per heavy atom. The Balaban J connectivity index is 1.72. The molecule has 1 unspecified atom stereocenters. The van der Waals surface area contributed by atoms with Crippen LogP contribution in [-0.2, 0) is 0 Å². The van der Waals surface area contributed by atoms with Gasteiger partial charge in [0.15, 0.2) is 5.82 Å². The predicted octanol–water partition coefficient (Wildman–Crippen LogP) is 3.51. The second-order valence-corrected chi connectivity index (χ2v) is 7.93. The molecule has 0 bridgehead atoms. The van der Waals surface area contributed by atoms with Crippen molar-refractivity contribution in [2.45, 2.75) is 57.3 Å². The molecule has 158 valence electrons. The molecule has 1 aromatic carbocycles. The van der Waals surface area contributed by atoms with Crippen molar-refractivity contribution in [1.29, 1.82) is 0 Å². The summed E-state index contributed by atoms with van der Waals surface area (Å²) in [6.45, 7) is 2.12. The molecule has 2 aromatic rings. The highest BCUT2D eigenvalue weighted by atomic mass is 16.5. The molecule has 2 aliphatic rings. The molecule has 1 aliphatic carbocycles. The van der Waals surface area contributed by atoms with E-state index in [0.29, 0.717) is 17.7 Å². The van der Waals surface area contributed by atoms with Crippen LogP contribution < -0.4 is 19.9 Å². The smallest absolute Gasteiger partial charge is 0.229 e. The molecule has 7 heteroatoms. The average Bonchev–Trinajstić information content (AvgIpc) is 3.30. The van der Waals surface area contributed by atoms with Crippen molar-refractivity contribution in [2.75, 3.05) is 29.3 Å². The standard InChI is InChI=1S/C23H29N5O2/c1-5-15-11-12-17(20(13-15)30-4)25-23-24-14-19-21(26-23)28(16-9-7-8-10-16)18(6-2)22(29)27(19)3/h1,11-14,16,18,22,29H,6-10H2,2-4H3,(H,24,25,26)/t18-,22?/m1/s1. The van der Waals surface area contributed by atoms with Gasteiger partial charge in [0.25, 0.3) is 0 Å². The summed E-state index contributed by atoms with van der Waals surface area (Å²) >= 11 is 0. The summed E-state index contributed by atoms with van der Waals surface area (Å²) in [6.07, 6.45) is 12.2. The summed E-state index contributed by atoms with van der Waals surface area (Å²) in [6, 6.07) is 5.92. The number of benzene rings is 1. The number of nitrogens with zero attached hydrogens (tertiary/aromatic N) is 4. The Labute approximate surface area is 178 Å². The molecule has 30 heavy (non-hydrogen) atoms. The lowest BCUT2D eigenvalue weighted by atomic mass is 10.0. The highest BCUT2D eigenvalue weighted by Crippen LogP contribution is 2.41. The lowest BCUT2D eigenvalue weighted by Gasteiger charge is -2.48. The fourth-order valence-corrected chi connectivity index (χ4v) is 4.61. The van der Waals surface area contributed by atoms with Crippen LogP contribution >= 0.6 is 0 Å². The number of rotatable bonds is 5. The number of aromatic nitrogens is 2. The molecule has 2 N–H and O–H groups in total. The highest BCUT2D eigenvalue weighted by molar-refractivity contribution is 5.73. The number of terminal acetylenes is 1. The molecule has 0 saturated heterocycles. The molecule has 2 atom stereocenters. The topological polar surface area (TPSA) is 73.8 Å². The Morgan fingerprint density at radius 2 is 2.10 bits per heavy atom. The van der Waals surface area contributed by atoms with Crippen molar-refractivity contribution < 1.29 is 9.84 Å². The number of likely N-dealkylation sites (N-methyl/N-ethyl adjacent to an activating group) is 1. The van der Waals surface area contributed by atoms with E-state index in [1.54, 1.807) is 13.3 Å². The van der Waals surface area contributed by atoms with Crippen LogP contribution in [0.4, 0.5) is 23.1 Å². The molecule has 4 rings (SSSR count). The molecule has 1 aromatic heterocycles. The van der Waals surface area contributed by atoms with E-state index in [-0.39, 0.29) is 6.04 Å². The molecule has 7 nitrogen and oxygen atoms in total. The van der Waals surface area contributed by atoms with Gasteiger partial charge in [-0.25, -0.2) is 4.98 Å². The average molecular weight is 408 g/mol. The first kappa shape index (κ1) is 20.3. The minimum Gasteiger partial charge on any atom is -0.495 e. The lowest BCUT2D eigenvalue weighted by molar-refractivity contribution is 0.128. The molecule has 0 spiro atoms. The lowest BCUT2D eigenvalue weighted by Crippen LogP contribution is -2.58. The number of ether oxygens (including phenoxy) is 1. The van der Waals surface area contributed by atoms with E-state index in [1.807, 2.05) is 30.1 Å². The molecule has 1 saturated carbocycles. The first-order valence-electron chi connectivity index (χ1n) is 10.5. The largest absolute Gasteiger partial charge is 0.495 e. The van der Waals surface area contributed by atoms with Crippen molar-refractivity contribution in [1.82, 2.24) is 9.97 Å². The molecule has 0 amide bonds. The zero-order valence-electron chi connectivity index (χ0n) is 17.8. The van der Waals surface area contributed by atoms with Crippen LogP contribution in [0, 0.1) is 12.3 Å². The maximum Gasteiger partial charge on any atom is 0.229 e. The highest BCUT2D eigenvalue weighted by Gasteiger charge is 2.41. The minimum absolute atomic E-state index is 0.00204. The number of aliphatic hydroxyl groups is 1. The number of anilines is 4. The van der Waals surface area contributed by atoms with E-state index in [1.165, 1.54) is 12.8 Å². The van der Waals surface area contributed by atoms with Crippen molar-refractivity contribution in [3.05, 3.63) is 30.0 Å². The first-order chi connectivity index (χ1) is 14.6. The van der Waals surface area contributed by atoms with Crippen molar-refractivity contribution in [3.8, 4) is 18.1 Å². The fourth-order valence-electron chi connectivity index (χ4n) is 4.61. The maximum absolute atomic E-state index is 10.9. The summed E-state index contributed by atoms with van der Waals surface area (Å²) in [5, 5.41) is 14.2. The Morgan fingerprint density at radius 1 is 1.33 bits per heavy atom. The van der Waals surface area contributed by atoms with Gasteiger partial charge in [-0.1, -0.05) is 25.7 Å². The van der Waals surface area contributed by atoms with Crippen molar-refractivity contribution >= 4 is 23.1 Å². The van der Waals surface area contributed by atoms with Gasteiger partial charge in [-0.15, -0.1) is 6.42 Å². The van der Waals surface area contributed by atoms with E-state index < -0.39 is 6.23 Å². The number of hydrogen-bond acceptors (Lipinski definition) is 7. The van der Waals surface area contributed by atoms with E-state index in [0.717, 1.165) is 42.0 Å². The fraction of sp³-hybridized carbons (Fsp3) is 0.478.